The van der Waals surface area contributed by atoms with E-state index in [-0.39, 0.29) is 22.5 Å². The van der Waals surface area contributed by atoms with E-state index >= 15 is 0 Å². The van der Waals surface area contributed by atoms with Crippen LogP contribution < -0.4 is 4.74 Å². The van der Waals surface area contributed by atoms with Crippen molar-refractivity contribution >= 4 is 31.6 Å². The number of rotatable bonds is 4. The Hall–Kier alpha value is -0.880. The Morgan fingerprint density at radius 2 is 1.95 bits per heavy atom. The summed E-state index contributed by atoms with van der Waals surface area (Å²) in [6, 6.07) is 4.80. The molecule has 20 heavy (non-hydrogen) atoms. The zero-order chi connectivity index (χ0) is 14.8. The van der Waals surface area contributed by atoms with Crippen molar-refractivity contribution in [3.8, 4) is 5.75 Å². The molecule has 0 saturated heterocycles. The van der Waals surface area contributed by atoms with E-state index in [0.29, 0.717) is 23.1 Å². The second-order valence-corrected chi connectivity index (χ2v) is 7.98. The minimum Gasteiger partial charge on any atom is -0.489 e. The van der Waals surface area contributed by atoms with Gasteiger partial charge < -0.3 is 4.74 Å². The van der Waals surface area contributed by atoms with Gasteiger partial charge in [0, 0.05) is 12.8 Å². The van der Waals surface area contributed by atoms with Crippen LogP contribution in [0.4, 0.5) is 0 Å². The van der Waals surface area contributed by atoms with Gasteiger partial charge in [-0.05, 0) is 47.0 Å². The number of benzene rings is 1. The Morgan fingerprint density at radius 3 is 2.50 bits per heavy atom. The van der Waals surface area contributed by atoms with Gasteiger partial charge in [0.05, 0.1) is 21.2 Å². The number of sulfone groups is 1. The lowest BCUT2D eigenvalue weighted by atomic mass is 9.96. The molecule has 0 bridgehead atoms. The Kier molecular flexibility index (Phi) is 4.86. The van der Waals surface area contributed by atoms with E-state index in [4.69, 9.17) is 4.74 Å². The smallest absolute Gasteiger partial charge is 0.178 e. The topological polar surface area (TPSA) is 60.4 Å². The van der Waals surface area contributed by atoms with Crippen molar-refractivity contribution < 1.29 is 17.9 Å². The molecule has 4 nitrogen and oxygen atoms in total. The first-order valence-electron chi connectivity index (χ1n) is 6.63. The predicted molar refractivity (Wildman–Crippen MR) is 79.8 cm³/mol. The largest absolute Gasteiger partial charge is 0.489 e. The third-order valence-corrected chi connectivity index (χ3v) is 5.78. The Morgan fingerprint density at radius 1 is 1.30 bits per heavy atom. The fraction of sp³-hybridized carbons (Fsp3) is 0.500. The lowest BCUT2D eigenvalue weighted by Crippen LogP contribution is -2.24. The lowest BCUT2D eigenvalue weighted by Gasteiger charge is -2.23. The van der Waals surface area contributed by atoms with Gasteiger partial charge >= 0.3 is 0 Å². The molecular formula is C14H17BrO4S. The number of hydrogen-bond donors (Lipinski definition) is 0. The maximum absolute atomic E-state index is 11.8. The molecule has 0 aliphatic heterocycles. The quantitative estimate of drug-likeness (QED) is 0.827. The number of Topliss-reactive ketones (excluding diaryl/α,β-unsaturated/α-hetero) is 1. The third-order valence-electron chi connectivity index (χ3n) is 3.43. The molecule has 1 saturated carbocycles. The molecule has 1 aromatic rings. The van der Waals surface area contributed by atoms with Gasteiger partial charge in [-0.25, -0.2) is 8.42 Å². The molecular weight excluding hydrogens is 344 g/mol. The summed E-state index contributed by atoms with van der Waals surface area (Å²) in [7, 11) is -3.21. The van der Waals surface area contributed by atoms with Crippen molar-refractivity contribution in [2.24, 2.45) is 0 Å². The summed E-state index contributed by atoms with van der Waals surface area (Å²) < 4.78 is 30.1. The number of carbonyl (C=O) groups is 1. The summed E-state index contributed by atoms with van der Waals surface area (Å²) in [4.78, 5) is 11.5. The fourth-order valence-corrected chi connectivity index (χ4v) is 3.68. The van der Waals surface area contributed by atoms with Gasteiger partial charge in [-0.3, -0.25) is 4.79 Å². The van der Waals surface area contributed by atoms with Crippen molar-refractivity contribution in [2.75, 3.05) is 5.75 Å². The summed E-state index contributed by atoms with van der Waals surface area (Å²) >= 11 is 3.35. The average molecular weight is 361 g/mol. The average Bonchev–Trinajstić information content (AvgIpc) is 2.43. The number of hydrogen-bond acceptors (Lipinski definition) is 4. The van der Waals surface area contributed by atoms with E-state index in [2.05, 4.69) is 15.9 Å². The first-order chi connectivity index (χ1) is 9.42. The minimum absolute atomic E-state index is 0.0256. The van der Waals surface area contributed by atoms with Crippen molar-refractivity contribution in [1.29, 1.82) is 0 Å². The van der Waals surface area contributed by atoms with Crippen LogP contribution in [0.5, 0.6) is 5.75 Å². The highest BCUT2D eigenvalue weighted by Gasteiger charge is 2.21. The molecule has 1 aliphatic rings. The fourth-order valence-electron chi connectivity index (χ4n) is 2.15. The van der Waals surface area contributed by atoms with Crippen LogP contribution >= 0.6 is 15.9 Å². The summed E-state index contributed by atoms with van der Waals surface area (Å²) in [6.07, 6.45) is 2.59. The molecule has 0 heterocycles. The molecule has 6 heteroatoms. The van der Waals surface area contributed by atoms with Crippen molar-refractivity contribution in [1.82, 2.24) is 0 Å². The van der Waals surface area contributed by atoms with Crippen molar-refractivity contribution in [2.45, 2.75) is 43.6 Å². The highest BCUT2D eigenvalue weighted by atomic mass is 79.9. The van der Waals surface area contributed by atoms with Gasteiger partial charge in [0.15, 0.2) is 9.84 Å². The zero-order valence-electron chi connectivity index (χ0n) is 11.3. The number of ketones is 1. The first-order valence-corrected chi connectivity index (χ1v) is 9.07. The molecule has 0 atom stereocenters. The van der Waals surface area contributed by atoms with Crippen LogP contribution in [0, 0.1) is 0 Å². The Balaban J connectivity index is 2.12. The van der Waals surface area contributed by atoms with Crippen molar-refractivity contribution in [3.05, 3.63) is 22.7 Å². The first kappa shape index (κ1) is 15.5. The van der Waals surface area contributed by atoms with E-state index < -0.39 is 9.84 Å². The molecule has 0 amide bonds. The van der Waals surface area contributed by atoms with Gasteiger partial charge in [-0.1, -0.05) is 6.92 Å². The molecule has 0 spiro atoms. The number of halogens is 1. The standard InChI is InChI=1S/C14H17BrO4S/c1-2-20(17,18)12-7-8-14(13(15)9-12)19-11-5-3-10(16)4-6-11/h7-9,11H,2-6H2,1H3. The molecule has 0 unspecified atom stereocenters. The SMILES string of the molecule is CCS(=O)(=O)c1ccc(OC2CCC(=O)CC2)c(Br)c1. The summed E-state index contributed by atoms with van der Waals surface area (Å²) in [5.41, 5.74) is 0. The number of carbonyl (C=O) groups excluding carboxylic acids is 1. The lowest BCUT2D eigenvalue weighted by molar-refractivity contribution is -0.121. The van der Waals surface area contributed by atoms with E-state index in [0.717, 1.165) is 12.8 Å². The van der Waals surface area contributed by atoms with E-state index in [1.165, 1.54) is 0 Å². The monoisotopic (exact) mass is 360 g/mol. The molecule has 1 aliphatic carbocycles. The molecule has 1 fully saturated rings. The zero-order valence-corrected chi connectivity index (χ0v) is 13.7. The predicted octanol–water partition coefficient (Wildman–Crippen LogP) is 3.13. The second-order valence-electron chi connectivity index (χ2n) is 4.85. The van der Waals surface area contributed by atoms with Gasteiger partial charge in [0.25, 0.3) is 0 Å². The van der Waals surface area contributed by atoms with Crippen LogP contribution in [0.1, 0.15) is 32.6 Å². The van der Waals surface area contributed by atoms with Crippen LogP contribution in [-0.4, -0.2) is 26.1 Å². The van der Waals surface area contributed by atoms with Gasteiger partial charge in [-0.2, -0.15) is 0 Å². The Bertz CT molecular complexity index is 600. The van der Waals surface area contributed by atoms with E-state index in [1.54, 1.807) is 25.1 Å². The Labute approximate surface area is 127 Å². The van der Waals surface area contributed by atoms with E-state index in [1.807, 2.05) is 0 Å². The highest BCUT2D eigenvalue weighted by molar-refractivity contribution is 9.10. The maximum atomic E-state index is 11.8. The highest BCUT2D eigenvalue weighted by Crippen LogP contribution is 2.31. The van der Waals surface area contributed by atoms with Gasteiger partial charge in [0.1, 0.15) is 11.5 Å². The van der Waals surface area contributed by atoms with Crippen LogP contribution in [0.15, 0.2) is 27.6 Å². The molecule has 0 aromatic heterocycles. The molecule has 2 rings (SSSR count). The second kappa shape index (κ2) is 6.26. The van der Waals surface area contributed by atoms with Gasteiger partial charge in [0.2, 0.25) is 0 Å². The summed E-state index contributed by atoms with van der Waals surface area (Å²) in [5.74, 6) is 0.984. The molecule has 0 N–H and O–H groups in total. The van der Waals surface area contributed by atoms with Crippen LogP contribution in [0.25, 0.3) is 0 Å². The minimum atomic E-state index is -3.21. The van der Waals surface area contributed by atoms with Crippen LogP contribution in [-0.2, 0) is 14.6 Å². The van der Waals surface area contributed by atoms with Gasteiger partial charge in [-0.15, -0.1) is 0 Å². The summed E-state index contributed by atoms with van der Waals surface area (Å²) in [6.45, 7) is 1.62. The van der Waals surface area contributed by atoms with E-state index in [9.17, 15) is 13.2 Å². The van der Waals surface area contributed by atoms with Crippen molar-refractivity contribution in [3.63, 3.8) is 0 Å². The number of ether oxygens (including phenoxy) is 1. The molecule has 0 radical (unpaired) electrons. The normalized spacial score (nSPS) is 17.2. The maximum Gasteiger partial charge on any atom is 0.178 e. The third kappa shape index (κ3) is 3.61. The summed E-state index contributed by atoms with van der Waals surface area (Å²) in [5, 5.41) is 0. The van der Waals surface area contributed by atoms with Crippen LogP contribution in [0.2, 0.25) is 0 Å². The van der Waals surface area contributed by atoms with Crippen LogP contribution in [0.3, 0.4) is 0 Å². The molecule has 1 aromatic carbocycles. The molecule has 110 valence electrons.